The number of hydrogen-bond acceptors (Lipinski definition) is 2. The van der Waals surface area contributed by atoms with E-state index in [-0.39, 0.29) is 0 Å². The standard InChI is InChI=1S/C13H22ClN3/c1-3-5-7-11(6-4-2)17-12(10-8-9-10)15-16-13(17)14/h10-11H,3-9H2,1-2H3. The van der Waals surface area contributed by atoms with Crippen molar-refractivity contribution in [2.24, 2.45) is 0 Å². The highest BCUT2D eigenvalue weighted by molar-refractivity contribution is 6.28. The highest BCUT2D eigenvalue weighted by atomic mass is 35.5. The summed E-state index contributed by atoms with van der Waals surface area (Å²) in [6.45, 7) is 4.46. The molecule has 0 saturated heterocycles. The van der Waals surface area contributed by atoms with Gasteiger partial charge in [-0.3, -0.25) is 4.57 Å². The molecule has 1 unspecified atom stereocenters. The third kappa shape index (κ3) is 3.01. The van der Waals surface area contributed by atoms with E-state index < -0.39 is 0 Å². The summed E-state index contributed by atoms with van der Waals surface area (Å²) in [5, 5.41) is 8.92. The summed E-state index contributed by atoms with van der Waals surface area (Å²) >= 11 is 6.22. The Hall–Kier alpha value is -0.570. The molecule has 96 valence electrons. The van der Waals surface area contributed by atoms with Crippen LogP contribution in [0.25, 0.3) is 0 Å². The first kappa shape index (κ1) is 12.9. The van der Waals surface area contributed by atoms with E-state index in [1.54, 1.807) is 0 Å². The molecular weight excluding hydrogens is 234 g/mol. The van der Waals surface area contributed by atoms with Crippen LogP contribution in [0.5, 0.6) is 0 Å². The lowest BCUT2D eigenvalue weighted by Crippen LogP contribution is -2.12. The summed E-state index contributed by atoms with van der Waals surface area (Å²) < 4.78 is 2.21. The molecule has 0 radical (unpaired) electrons. The van der Waals surface area contributed by atoms with Gasteiger partial charge in [-0.05, 0) is 37.3 Å². The van der Waals surface area contributed by atoms with E-state index >= 15 is 0 Å². The molecule has 1 heterocycles. The molecule has 1 atom stereocenters. The predicted molar refractivity (Wildman–Crippen MR) is 70.5 cm³/mol. The topological polar surface area (TPSA) is 30.7 Å². The first-order valence-electron chi connectivity index (χ1n) is 6.88. The highest BCUT2D eigenvalue weighted by Crippen LogP contribution is 2.41. The van der Waals surface area contributed by atoms with Gasteiger partial charge in [0, 0.05) is 12.0 Å². The van der Waals surface area contributed by atoms with Gasteiger partial charge in [0.25, 0.3) is 0 Å². The molecule has 0 spiro atoms. The van der Waals surface area contributed by atoms with Gasteiger partial charge >= 0.3 is 0 Å². The number of aromatic nitrogens is 3. The van der Waals surface area contributed by atoms with Gasteiger partial charge in [0.05, 0.1) is 0 Å². The van der Waals surface area contributed by atoms with Crippen LogP contribution < -0.4 is 0 Å². The second-order valence-electron chi connectivity index (χ2n) is 5.06. The van der Waals surface area contributed by atoms with Crippen molar-refractivity contribution in [3.8, 4) is 0 Å². The third-order valence-corrected chi connectivity index (χ3v) is 3.76. The van der Waals surface area contributed by atoms with Crippen LogP contribution in [0.2, 0.25) is 5.28 Å². The monoisotopic (exact) mass is 255 g/mol. The normalized spacial score (nSPS) is 17.4. The fraction of sp³-hybridized carbons (Fsp3) is 0.846. The van der Waals surface area contributed by atoms with Crippen LogP contribution in [0.1, 0.15) is 76.6 Å². The Morgan fingerprint density at radius 3 is 2.59 bits per heavy atom. The second-order valence-corrected chi connectivity index (χ2v) is 5.39. The lowest BCUT2D eigenvalue weighted by molar-refractivity contribution is 0.405. The average molecular weight is 256 g/mol. The van der Waals surface area contributed by atoms with E-state index in [0.717, 1.165) is 5.82 Å². The second kappa shape index (κ2) is 5.85. The first-order valence-corrected chi connectivity index (χ1v) is 7.26. The lowest BCUT2D eigenvalue weighted by atomic mass is 10.0. The van der Waals surface area contributed by atoms with Crippen molar-refractivity contribution in [1.29, 1.82) is 0 Å². The van der Waals surface area contributed by atoms with Crippen molar-refractivity contribution in [1.82, 2.24) is 14.8 Å². The summed E-state index contributed by atoms with van der Waals surface area (Å²) in [6, 6.07) is 0.498. The minimum absolute atomic E-state index is 0.498. The fourth-order valence-corrected chi connectivity index (χ4v) is 2.68. The summed E-state index contributed by atoms with van der Waals surface area (Å²) in [5.74, 6) is 1.75. The Labute approximate surface area is 109 Å². The predicted octanol–water partition coefficient (Wildman–Crippen LogP) is 4.34. The van der Waals surface area contributed by atoms with Crippen LogP contribution in [-0.2, 0) is 0 Å². The van der Waals surface area contributed by atoms with Crippen molar-refractivity contribution in [3.05, 3.63) is 11.1 Å². The van der Waals surface area contributed by atoms with E-state index in [1.807, 2.05) is 0 Å². The van der Waals surface area contributed by atoms with Gasteiger partial charge in [0.1, 0.15) is 5.82 Å². The molecule has 0 bridgehead atoms. The van der Waals surface area contributed by atoms with Crippen LogP contribution in [0.3, 0.4) is 0 Å². The van der Waals surface area contributed by atoms with Gasteiger partial charge in [-0.15, -0.1) is 10.2 Å². The van der Waals surface area contributed by atoms with E-state index in [0.29, 0.717) is 17.2 Å². The van der Waals surface area contributed by atoms with Crippen LogP contribution >= 0.6 is 11.6 Å². The van der Waals surface area contributed by atoms with Gasteiger partial charge in [-0.25, -0.2) is 0 Å². The molecule has 1 fully saturated rings. The maximum absolute atomic E-state index is 6.22. The summed E-state index contributed by atoms with van der Waals surface area (Å²) in [4.78, 5) is 0. The highest BCUT2D eigenvalue weighted by Gasteiger charge is 2.32. The summed E-state index contributed by atoms with van der Waals surface area (Å²) in [6.07, 6.45) is 8.55. The molecule has 1 aliphatic rings. The zero-order valence-electron chi connectivity index (χ0n) is 10.8. The molecule has 1 aromatic rings. The summed E-state index contributed by atoms with van der Waals surface area (Å²) in [7, 11) is 0. The Morgan fingerprint density at radius 2 is 2.00 bits per heavy atom. The maximum atomic E-state index is 6.22. The van der Waals surface area contributed by atoms with Gasteiger partial charge in [0.2, 0.25) is 5.28 Å². The molecule has 0 aliphatic heterocycles. The molecule has 17 heavy (non-hydrogen) atoms. The smallest absolute Gasteiger partial charge is 0.225 e. The third-order valence-electron chi connectivity index (χ3n) is 3.50. The van der Waals surface area contributed by atoms with Gasteiger partial charge < -0.3 is 0 Å². The molecule has 2 rings (SSSR count). The Balaban J connectivity index is 2.17. The molecule has 1 aromatic heterocycles. The minimum Gasteiger partial charge on any atom is -0.298 e. The first-order chi connectivity index (χ1) is 8.27. The molecular formula is C13H22ClN3. The molecule has 0 amide bonds. The van der Waals surface area contributed by atoms with Gasteiger partial charge in [-0.2, -0.15) is 0 Å². The quantitative estimate of drug-likeness (QED) is 0.726. The van der Waals surface area contributed by atoms with Crippen LogP contribution in [0.4, 0.5) is 0 Å². The maximum Gasteiger partial charge on any atom is 0.225 e. The van der Waals surface area contributed by atoms with Crippen molar-refractivity contribution in [2.45, 2.75) is 70.8 Å². The van der Waals surface area contributed by atoms with E-state index in [2.05, 4.69) is 28.6 Å². The number of hydrogen-bond donors (Lipinski definition) is 0. The summed E-state index contributed by atoms with van der Waals surface area (Å²) in [5.41, 5.74) is 0. The zero-order valence-corrected chi connectivity index (χ0v) is 11.6. The van der Waals surface area contributed by atoms with Crippen molar-refractivity contribution in [3.63, 3.8) is 0 Å². The minimum atomic E-state index is 0.498. The van der Waals surface area contributed by atoms with E-state index in [4.69, 9.17) is 11.6 Å². The zero-order chi connectivity index (χ0) is 12.3. The Morgan fingerprint density at radius 1 is 1.24 bits per heavy atom. The molecule has 1 aliphatic carbocycles. The average Bonchev–Trinajstić information content (AvgIpc) is 3.09. The van der Waals surface area contributed by atoms with Gasteiger partial charge in [0.15, 0.2) is 0 Å². The fourth-order valence-electron chi connectivity index (χ4n) is 2.42. The van der Waals surface area contributed by atoms with Gasteiger partial charge in [-0.1, -0.05) is 33.1 Å². The molecule has 0 N–H and O–H groups in total. The number of nitrogens with zero attached hydrogens (tertiary/aromatic N) is 3. The van der Waals surface area contributed by atoms with Crippen LogP contribution in [-0.4, -0.2) is 14.8 Å². The Kier molecular flexibility index (Phi) is 4.43. The van der Waals surface area contributed by atoms with Crippen LogP contribution in [0.15, 0.2) is 0 Å². The van der Waals surface area contributed by atoms with Crippen molar-refractivity contribution >= 4 is 11.6 Å². The molecule has 0 aromatic carbocycles. The van der Waals surface area contributed by atoms with Crippen molar-refractivity contribution < 1.29 is 0 Å². The van der Waals surface area contributed by atoms with E-state index in [9.17, 15) is 0 Å². The molecule has 4 heteroatoms. The largest absolute Gasteiger partial charge is 0.298 e. The van der Waals surface area contributed by atoms with Crippen molar-refractivity contribution in [2.75, 3.05) is 0 Å². The number of rotatable bonds is 7. The SMILES string of the molecule is CCCCC(CCC)n1c(Cl)nnc1C1CC1. The van der Waals surface area contributed by atoms with Crippen LogP contribution in [0, 0.1) is 0 Å². The molecule has 1 saturated carbocycles. The number of unbranched alkanes of at least 4 members (excludes halogenated alkanes) is 1. The lowest BCUT2D eigenvalue weighted by Gasteiger charge is -2.20. The molecule has 3 nitrogen and oxygen atoms in total. The Bertz CT molecular complexity index is 358. The number of halogens is 1. The van der Waals surface area contributed by atoms with E-state index in [1.165, 1.54) is 44.9 Å².